The van der Waals surface area contributed by atoms with Crippen molar-refractivity contribution in [2.45, 2.75) is 38.2 Å². The van der Waals surface area contributed by atoms with Crippen LogP contribution in [0.1, 0.15) is 41.6 Å². The van der Waals surface area contributed by atoms with Gasteiger partial charge in [-0.05, 0) is 49.9 Å². The van der Waals surface area contributed by atoms with Gasteiger partial charge in [-0.3, -0.25) is 4.79 Å². The molecule has 2 N–H and O–H groups in total. The van der Waals surface area contributed by atoms with E-state index in [4.69, 9.17) is 10.5 Å². The molecule has 0 bridgehead atoms. The van der Waals surface area contributed by atoms with Gasteiger partial charge in [-0.1, -0.05) is 0 Å². The van der Waals surface area contributed by atoms with Crippen molar-refractivity contribution in [1.29, 1.82) is 0 Å². The number of anilines is 1. The highest BCUT2D eigenvalue weighted by atomic mass is 16.5. The second kappa shape index (κ2) is 4.49. The number of hydrogen-bond acceptors (Lipinski definition) is 3. The lowest BCUT2D eigenvalue weighted by Gasteiger charge is -2.40. The number of aryl methyl sites for hydroxylation is 1. The molecule has 1 aromatic carbocycles. The number of methoxy groups -OCH3 is 1. The van der Waals surface area contributed by atoms with Gasteiger partial charge in [-0.25, -0.2) is 0 Å². The van der Waals surface area contributed by atoms with Crippen molar-refractivity contribution in [2.24, 2.45) is 0 Å². The Labute approximate surface area is 102 Å². The first-order chi connectivity index (χ1) is 8.06. The number of carbonyl (C=O) groups is 1. The van der Waals surface area contributed by atoms with Gasteiger partial charge < -0.3 is 10.5 Å². The molecule has 0 saturated heterocycles. The minimum absolute atomic E-state index is 0.157. The Morgan fingerprint density at radius 3 is 2.65 bits per heavy atom. The molecule has 1 aliphatic rings. The van der Waals surface area contributed by atoms with E-state index in [0.29, 0.717) is 12.1 Å². The maximum absolute atomic E-state index is 12.2. The van der Waals surface area contributed by atoms with Gasteiger partial charge in [0, 0.05) is 24.8 Å². The fourth-order valence-electron chi connectivity index (χ4n) is 2.41. The number of nitrogens with two attached hydrogens (primary N) is 1. The first-order valence-corrected chi connectivity index (χ1v) is 6.01. The Bertz CT molecular complexity index is 430. The Morgan fingerprint density at radius 2 is 2.18 bits per heavy atom. The molecule has 1 aromatic rings. The summed E-state index contributed by atoms with van der Waals surface area (Å²) < 4.78 is 5.48. The molecule has 0 spiro atoms. The van der Waals surface area contributed by atoms with Crippen LogP contribution in [-0.2, 0) is 4.74 Å². The van der Waals surface area contributed by atoms with Crippen LogP contribution in [0.5, 0.6) is 0 Å². The van der Waals surface area contributed by atoms with Gasteiger partial charge in [-0.15, -0.1) is 0 Å². The number of hydrogen-bond donors (Lipinski definition) is 1. The third-order valence-electron chi connectivity index (χ3n) is 3.73. The van der Waals surface area contributed by atoms with Crippen molar-refractivity contribution >= 4 is 11.5 Å². The lowest BCUT2D eigenvalue weighted by molar-refractivity contribution is -0.0704. The summed E-state index contributed by atoms with van der Waals surface area (Å²) in [6.45, 7) is 1.92. The molecule has 1 aliphatic carbocycles. The molecule has 1 saturated carbocycles. The van der Waals surface area contributed by atoms with Crippen molar-refractivity contribution in [3.8, 4) is 0 Å². The van der Waals surface area contributed by atoms with Crippen LogP contribution in [0.4, 0.5) is 5.69 Å². The van der Waals surface area contributed by atoms with Crippen molar-refractivity contribution in [3.63, 3.8) is 0 Å². The van der Waals surface area contributed by atoms with Gasteiger partial charge in [-0.2, -0.15) is 0 Å². The number of ether oxygens (including phenoxy) is 1. The summed E-state index contributed by atoms with van der Waals surface area (Å²) in [5, 5.41) is 0. The zero-order valence-corrected chi connectivity index (χ0v) is 10.5. The Hall–Kier alpha value is -1.35. The Balaban J connectivity index is 2.14. The van der Waals surface area contributed by atoms with E-state index in [1.165, 1.54) is 0 Å². The van der Waals surface area contributed by atoms with Crippen LogP contribution in [0.25, 0.3) is 0 Å². The van der Waals surface area contributed by atoms with E-state index in [0.717, 1.165) is 30.4 Å². The molecule has 0 unspecified atom stereocenters. The summed E-state index contributed by atoms with van der Waals surface area (Å²) in [7, 11) is 1.70. The molecule has 0 atom stereocenters. The van der Waals surface area contributed by atoms with Gasteiger partial charge in [0.1, 0.15) is 0 Å². The SMILES string of the molecule is COC1(CC(=O)c2ccc(N)cc2C)CCC1. The van der Waals surface area contributed by atoms with Gasteiger partial charge in [0.05, 0.1) is 5.60 Å². The number of ketones is 1. The standard InChI is InChI=1S/C14H19NO2/c1-10-8-11(15)4-5-12(10)13(16)9-14(17-2)6-3-7-14/h4-5,8H,3,6-7,9,15H2,1-2H3. The lowest BCUT2D eigenvalue weighted by Crippen LogP contribution is -2.41. The first-order valence-electron chi connectivity index (χ1n) is 6.01. The summed E-state index contributed by atoms with van der Waals surface area (Å²) in [6, 6.07) is 5.43. The van der Waals surface area contributed by atoms with E-state index < -0.39 is 0 Å². The van der Waals surface area contributed by atoms with Gasteiger partial charge >= 0.3 is 0 Å². The number of nitrogen functional groups attached to an aromatic ring is 1. The maximum atomic E-state index is 12.2. The molecule has 2 rings (SSSR count). The number of carbonyl (C=O) groups excluding carboxylic acids is 1. The van der Waals surface area contributed by atoms with Crippen LogP contribution in [0.3, 0.4) is 0 Å². The minimum atomic E-state index is -0.203. The number of benzene rings is 1. The molecule has 0 heterocycles. The van der Waals surface area contributed by atoms with Crippen molar-refractivity contribution in [2.75, 3.05) is 12.8 Å². The third kappa shape index (κ3) is 2.34. The van der Waals surface area contributed by atoms with Gasteiger partial charge in [0.25, 0.3) is 0 Å². The predicted octanol–water partition coefficient (Wildman–Crippen LogP) is 2.72. The normalized spacial score (nSPS) is 17.5. The summed E-state index contributed by atoms with van der Waals surface area (Å²) in [5.41, 5.74) is 7.89. The van der Waals surface area contributed by atoms with Crippen LogP contribution < -0.4 is 5.73 Å². The highest BCUT2D eigenvalue weighted by molar-refractivity contribution is 5.98. The molecular formula is C14H19NO2. The molecule has 0 aliphatic heterocycles. The minimum Gasteiger partial charge on any atom is -0.399 e. The highest BCUT2D eigenvalue weighted by Crippen LogP contribution is 2.39. The molecule has 3 heteroatoms. The predicted molar refractivity (Wildman–Crippen MR) is 68.1 cm³/mol. The molecule has 92 valence electrons. The van der Waals surface area contributed by atoms with E-state index in [-0.39, 0.29) is 11.4 Å². The molecule has 3 nitrogen and oxygen atoms in total. The van der Waals surface area contributed by atoms with Crippen LogP contribution in [-0.4, -0.2) is 18.5 Å². The number of Topliss-reactive ketones (excluding diaryl/α,β-unsaturated/α-hetero) is 1. The van der Waals surface area contributed by atoms with Crippen molar-refractivity contribution in [3.05, 3.63) is 29.3 Å². The summed E-state index contributed by atoms with van der Waals surface area (Å²) in [5.74, 6) is 0.157. The second-order valence-electron chi connectivity index (χ2n) is 4.92. The third-order valence-corrected chi connectivity index (χ3v) is 3.73. The smallest absolute Gasteiger partial charge is 0.166 e. The molecule has 0 amide bonds. The van der Waals surface area contributed by atoms with Crippen LogP contribution in [0.2, 0.25) is 0 Å². The highest BCUT2D eigenvalue weighted by Gasteiger charge is 2.39. The average Bonchev–Trinajstić information content (AvgIpc) is 2.23. The first kappa shape index (κ1) is 12.1. The maximum Gasteiger partial charge on any atom is 0.166 e. The summed E-state index contributed by atoms with van der Waals surface area (Å²) >= 11 is 0. The molecular weight excluding hydrogens is 214 g/mol. The quantitative estimate of drug-likeness (QED) is 0.642. The van der Waals surface area contributed by atoms with Crippen LogP contribution in [0.15, 0.2) is 18.2 Å². The molecule has 0 radical (unpaired) electrons. The van der Waals surface area contributed by atoms with E-state index in [2.05, 4.69) is 0 Å². The van der Waals surface area contributed by atoms with E-state index in [9.17, 15) is 4.79 Å². The molecule has 0 aromatic heterocycles. The number of rotatable bonds is 4. The lowest BCUT2D eigenvalue weighted by atomic mass is 9.75. The van der Waals surface area contributed by atoms with Gasteiger partial charge in [0.15, 0.2) is 5.78 Å². The Morgan fingerprint density at radius 1 is 1.47 bits per heavy atom. The fourth-order valence-corrected chi connectivity index (χ4v) is 2.41. The summed E-state index contributed by atoms with van der Waals surface area (Å²) in [4.78, 5) is 12.2. The monoisotopic (exact) mass is 233 g/mol. The van der Waals surface area contributed by atoms with Crippen molar-refractivity contribution in [1.82, 2.24) is 0 Å². The zero-order valence-electron chi connectivity index (χ0n) is 10.5. The van der Waals surface area contributed by atoms with Gasteiger partial charge in [0.2, 0.25) is 0 Å². The van der Waals surface area contributed by atoms with E-state index in [1.807, 2.05) is 19.1 Å². The fraction of sp³-hybridized carbons (Fsp3) is 0.500. The Kier molecular flexibility index (Phi) is 3.20. The largest absolute Gasteiger partial charge is 0.399 e. The van der Waals surface area contributed by atoms with E-state index in [1.54, 1.807) is 13.2 Å². The average molecular weight is 233 g/mol. The van der Waals surface area contributed by atoms with Crippen LogP contribution >= 0.6 is 0 Å². The summed E-state index contributed by atoms with van der Waals surface area (Å²) in [6.07, 6.45) is 3.61. The van der Waals surface area contributed by atoms with Crippen molar-refractivity contribution < 1.29 is 9.53 Å². The van der Waals surface area contributed by atoms with E-state index >= 15 is 0 Å². The van der Waals surface area contributed by atoms with Crippen LogP contribution in [0, 0.1) is 6.92 Å². The second-order valence-corrected chi connectivity index (χ2v) is 4.92. The molecule has 17 heavy (non-hydrogen) atoms. The topological polar surface area (TPSA) is 52.3 Å². The molecule has 1 fully saturated rings. The zero-order chi connectivity index (χ0) is 12.5.